The molecule has 0 aromatic heterocycles. The molecule has 0 spiro atoms. The van der Waals surface area contributed by atoms with Gasteiger partial charge in [-0.3, -0.25) is 4.79 Å². The molecule has 0 saturated heterocycles. The Morgan fingerprint density at radius 2 is 1.85 bits per heavy atom. The number of hydrogen-bond donors (Lipinski definition) is 1. The molecule has 26 heavy (non-hydrogen) atoms. The van der Waals surface area contributed by atoms with Crippen LogP contribution in [0.3, 0.4) is 0 Å². The van der Waals surface area contributed by atoms with E-state index in [1.54, 1.807) is 25.3 Å². The molecule has 0 bridgehead atoms. The summed E-state index contributed by atoms with van der Waals surface area (Å²) in [6.07, 6.45) is 2.11. The van der Waals surface area contributed by atoms with Crippen LogP contribution >= 0.6 is 0 Å². The third-order valence-electron chi connectivity index (χ3n) is 4.84. The summed E-state index contributed by atoms with van der Waals surface area (Å²) in [5.41, 5.74) is 2.57. The van der Waals surface area contributed by atoms with Crippen LogP contribution in [0.5, 0.6) is 5.75 Å². The topological polar surface area (TPSA) is 64.6 Å². The molecule has 0 radical (unpaired) electrons. The Kier molecular flexibility index (Phi) is 5.26. The first-order chi connectivity index (χ1) is 12.5. The highest BCUT2D eigenvalue weighted by molar-refractivity contribution is 5.91. The van der Waals surface area contributed by atoms with E-state index in [4.69, 9.17) is 9.47 Å². The minimum atomic E-state index is -0.539. The summed E-state index contributed by atoms with van der Waals surface area (Å²) in [6.45, 7) is 2.16. The zero-order valence-corrected chi connectivity index (χ0v) is 15.1. The minimum absolute atomic E-state index is 0.0330. The van der Waals surface area contributed by atoms with E-state index in [0.29, 0.717) is 17.9 Å². The number of methoxy groups -OCH3 is 1. The van der Waals surface area contributed by atoms with Crippen LogP contribution in [0.2, 0.25) is 0 Å². The summed E-state index contributed by atoms with van der Waals surface area (Å²) in [4.78, 5) is 24.2. The molecule has 1 amide bonds. The SMILES string of the molecule is COc1cc(C(=O)OCC(=O)NCC2(c3ccccc3)CC2)ccc1C. The molecular weight excluding hydrogens is 330 g/mol. The maximum absolute atomic E-state index is 12.1. The Morgan fingerprint density at radius 1 is 1.12 bits per heavy atom. The van der Waals surface area contributed by atoms with E-state index in [0.717, 1.165) is 18.4 Å². The number of hydrogen-bond acceptors (Lipinski definition) is 4. The highest BCUT2D eigenvalue weighted by atomic mass is 16.5. The average Bonchev–Trinajstić information content (AvgIpc) is 3.47. The van der Waals surface area contributed by atoms with Gasteiger partial charge < -0.3 is 14.8 Å². The molecule has 0 unspecified atom stereocenters. The zero-order chi connectivity index (χ0) is 18.6. The molecule has 0 atom stereocenters. The molecule has 0 aliphatic heterocycles. The van der Waals surface area contributed by atoms with Gasteiger partial charge in [0.05, 0.1) is 12.7 Å². The van der Waals surface area contributed by atoms with E-state index < -0.39 is 5.97 Å². The van der Waals surface area contributed by atoms with Crippen molar-refractivity contribution in [2.24, 2.45) is 0 Å². The maximum Gasteiger partial charge on any atom is 0.338 e. The number of ether oxygens (including phenoxy) is 2. The van der Waals surface area contributed by atoms with Crippen molar-refractivity contribution in [1.29, 1.82) is 0 Å². The maximum atomic E-state index is 12.1. The van der Waals surface area contributed by atoms with Crippen molar-refractivity contribution in [3.05, 3.63) is 65.2 Å². The molecule has 5 heteroatoms. The molecule has 2 aromatic rings. The lowest BCUT2D eigenvalue weighted by Crippen LogP contribution is -2.35. The van der Waals surface area contributed by atoms with Gasteiger partial charge in [0.2, 0.25) is 0 Å². The zero-order valence-electron chi connectivity index (χ0n) is 15.1. The Labute approximate surface area is 153 Å². The van der Waals surface area contributed by atoms with Crippen LogP contribution in [0.1, 0.15) is 34.3 Å². The molecule has 136 valence electrons. The smallest absolute Gasteiger partial charge is 0.338 e. The number of carbonyl (C=O) groups is 2. The van der Waals surface area contributed by atoms with Gasteiger partial charge in [-0.15, -0.1) is 0 Å². The third kappa shape index (κ3) is 4.04. The van der Waals surface area contributed by atoms with Crippen LogP contribution in [0.25, 0.3) is 0 Å². The molecule has 0 heterocycles. The standard InChI is InChI=1S/C21H23NO4/c1-15-8-9-16(12-18(15)25-2)20(24)26-13-19(23)22-14-21(10-11-21)17-6-4-3-5-7-17/h3-9,12H,10-11,13-14H2,1-2H3,(H,22,23). The summed E-state index contributed by atoms with van der Waals surface area (Å²) in [6, 6.07) is 15.2. The highest BCUT2D eigenvalue weighted by Crippen LogP contribution is 2.47. The summed E-state index contributed by atoms with van der Waals surface area (Å²) < 4.78 is 10.3. The van der Waals surface area contributed by atoms with Crippen LogP contribution in [0.4, 0.5) is 0 Å². The van der Waals surface area contributed by atoms with E-state index in [1.165, 1.54) is 5.56 Å². The van der Waals surface area contributed by atoms with Crippen molar-refractivity contribution in [3.63, 3.8) is 0 Å². The molecule has 1 aliphatic carbocycles. The van der Waals surface area contributed by atoms with Gasteiger partial charge in [-0.1, -0.05) is 36.4 Å². The monoisotopic (exact) mass is 353 g/mol. The first-order valence-corrected chi connectivity index (χ1v) is 8.68. The van der Waals surface area contributed by atoms with E-state index in [9.17, 15) is 9.59 Å². The molecule has 3 rings (SSSR count). The van der Waals surface area contributed by atoms with Crippen LogP contribution in [-0.2, 0) is 14.9 Å². The Bertz CT molecular complexity index is 797. The molecular formula is C21H23NO4. The largest absolute Gasteiger partial charge is 0.496 e. The van der Waals surface area contributed by atoms with Gasteiger partial charge in [0.15, 0.2) is 6.61 Å². The molecule has 1 N–H and O–H groups in total. The summed E-state index contributed by atoms with van der Waals surface area (Å²) in [5.74, 6) is -0.218. The lowest BCUT2D eigenvalue weighted by molar-refractivity contribution is -0.124. The fraction of sp³-hybridized carbons (Fsp3) is 0.333. The van der Waals surface area contributed by atoms with Crippen LogP contribution in [0, 0.1) is 6.92 Å². The predicted octanol–water partition coefficient (Wildman–Crippen LogP) is 3.01. The number of carbonyl (C=O) groups excluding carboxylic acids is 2. The lowest BCUT2D eigenvalue weighted by Gasteiger charge is -2.16. The van der Waals surface area contributed by atoms with Gasteiger partial charge in [-0.25, -0.2) is 4.79 Å². The van der Waals surface area contributed by atoms with E-state index in [2.05, 4.69) is 17.4 Å². The number of benzene rings is 2. The summed E-state index contributed by atoms with van der Waals surface area (Å²) in [5, 5.41) is 2.88. The van der Waals surface area contributed by atoms with Gasteiger partial charge in [0.25, 0.3) is 5.91 Å². The number of nitrogens with one attached hydrogen (secondary N) is 1. The quantitative estimate of drug-likeness (QED) is 0.777. The number of amides is 1. The van der Waals surface area contributed by atoms with Gasteiger partial charge in [-0.2, -0.15) is 0 Å². The van der Waals surface area contributed by atoms with Gasteiger partial charge in [0.1, 0.15) is 5.75 Å². The highest BCUT2D eigenvalue weighted by Gasteiger charge is 2.44. The van der Waals surface area contributed by atoms with Crippen molar-refractivity contribution in [1.82, 2.24) is 5.32 Å². The lowest BCUT2D eigenvalue weighted by atomic mass is 9.96. The first-order valence-electron chi connectivity index (χ1n) is 8.68. The van der Waals surface area contributed by atoms with Crippen molar-refractivity contribution >= 4 is 11.9 Å². The predicted molar refractivity (Wildman–Crippen MR) is 98.4 cm³/mol. The van der Waals surface area contributed by atoms with Crippen LogP contribution < -0.4 is 10.1 Å². The van der Waals surface area contributed by atoms with Crippen LogP contribution in [-0.4, -0.2) is 32.1 Å². The van der Waals surface area contributed by atoms with E-state index in [-0.39, 0.29) is 17.9 Å². The van der Waals surface area contributed by atoms with Crippen molar-refractivity contribution in [2.45, 2.75) is 25.2 Å². The Morgan fingerprint density at radius 3 is 2.50 bits per heavy atom. The van der Waals surface area contributed by atoms with Crippen LogP contribution in [0.15, 0.2) is 48.5 Å². The normalized spacial score (nSPS) is 14.4. The Hall–Kier alpha value is -2.82. The second kappa shape index (κ2) is 7.60. The second-order valence-corrected chi connectivity index (χ2v) is 6.68. The van der Waals surface area contributed by atoms with Gasteiger partial charge >= 0.3 is 5.97 Å². The number of esters is 1. The van der Waals surface area contributed by atoms with Crippen molar-refractivity contribution in [3.8, 4) is 5.75 Å². The summed E-state index contributed by atoms with van der Waals surface area (Å²) in [7, 11) is 1.55. The number of rotatable bonds is 7. The molecule has 5 nitrogen and oxygen atoms in total. The number of aryl methyl sites for hydroxylation is 1. The van der Waals surface area contributed by atoms with E-state index >= 15 is 0 Å². The molecule has 2 aromatic carbocycles. The minimum Gasteiger partial charge on any atom is -0.496 e. The first kappa shape index (κ1) is 18.0. The van der Waals surface area contributed by atoms with Crippen molar-refractivity contribution < 1.29 is 19.1 Å². The fourth-order valence-electron chi connectivity index (χ4n) is 2.99. The Balaban J connectivity index is 1.49. The average molecular weight is 353 g/mol. The van der Waals surface area contributed by atoms with E-state index in [1.807, 2.05) is 25.1 Å². The van der Waals surface area contributed by atoms with Gasteiger partial charge in [-0.05, 0) is 43.0 Å². The third-order valence-corrected chi connectivity index (χ3v) is 4.84. The summed E-state index contributed by atoms with van der Waals surface area (Å²) >= 11 is 0. The molecule has 1 saturated carbocycles. The molecule has 1 fully saturated rings. The van der Waals surface area contributed by atoms with Gasteiger partial charge in [0, 0.05) is 12.0 Å². The fourth-order valence-corrected chi connectivity index (χ4v) is 2.99. The second-order valence-electron chi connectivity index (χ2n) is 6.68. The van der Waals surface area contributed by atoms with Crippen molar-refractivity contribution in [2.75, 3.05) is 20.3 Å². The molecule has 1 aliphatic rings.